The highest BCUT2D eigenvalue weighted by molar-refractivity contribution is 5.88. The first-order chi connectivity index (χ1) is 14.5. The number of pyridine rings is 1. The van der Waals surface area contributed by atoms with Gasteiger partial charge in [-0.3, -0.25) is 9.97 Å². The molecule has 0 aliphatic carbocycles. The average Bonchev–Trinajstić information content (AvgIpc) is 2.75. The number of fused-ring (bicyclic) bond motifs is 1. The van der Waals surface area contributed by atoms with Crippen molar-refractivity contribution < 1.29 is 0 Å². The quantitative estimate of drug-likeness (QED) is 0.676. The van der Waals surface area contributed by atoms with E-state index in [4.69, 9.17) is 0 Å². The van der Waals surface area contributed by atoms with Gasteiger partial charge >= 0.3 is 0 Å². The van der Waals surface area contributed by atoms with Crippen LogP contribution in [-0.4, -0.2) is 44.4 Å². The number of benzene rings is 1. The molecule has 1 saturated heterocycles. The van der Waals surface area contributed by atoms with E-state index in [0.717, 1.165) is 59.0 Å². The molecule has 0 bridgehead atoms. The van der Waals surface area contributed by atoms with Crippen LogP contribution in [0.5, 0.6) is 0 Å². The number of piperazine rings is 1. The van der Waals surface area contributed by atoms with Gasteiger partial charge in [0.15, 0.2) is 0 Å². The summed E-state index contributed by atoms with van der Waals surface area (Å²) in [7, 11) is 0. The largest absolute Gasteiger partial charge is 0.351 e. The zero-order valence-electron chi connectivity index (χ0n) is 17.5. The van der Waals surface area contributed by atoms with Crippen LogP contribution in [0.15, 0.2) is 85.5 Å². The van der Waals surface area contributed by atoms with E-state index in [0.29, 0.717) is 0 Å². The van der Waals surface area contributed by atoms with Gasteiger partial charge in [0.2, 0.25) is 0 Å². The lowest BCUT2D eigenvalue weighted by Crippen LogP contribution is -2.42. The molecule has 1 fully saturated rings. The van der Waals surface area contributed by atoms with Crippen molar-refractivity contribution in [3.8, 4) is 11.3 Å². The van der Waals surface area contributed by atoms with E-state index < -0.39 is 0 Å². The lowest BCUT2D eigenvalue weighted by Gasteiger charge is -2.38. The zero-order valence-corrected chi connectivity index (χ0v) is 17.5. The normalized spacial score (nSPS) is 14.0. The van der Waals surface area contributed by atoms with Crippen LogP contribution >= 0.6 is 0 Å². The predicted octanol–water partition coefficient (Wildman–Crippen LogP) is 4.63. The molecule has 0 atom stereocenters. The van der Waals surface area contributed by atoms with E-state index in [1.165, 1.54) is 5.57 Å². The van der Waals surface area contributed by atoms with Crippen LogP contribution in [0.3, 0.4) is 0 Å². The van der Waals surface area contributed by atoms with Crippen molar-refractivity contribution in [2.45, 2.75) is 13.8 Å². The van der Waals surface area contributed by atoms with Crippen molar-refractivity contribution in [2.75, 3.05) is 25.0 Å². The van der Waals surface area contributed by atoms with Crippen LogP contribution in [0.1, 0.15) is 13.8 Å². The van der Waals surface area contributed by atoms with Crippen LogP contribution in [0, 0.1) is 0 Å². The molecule has 2 aromatic heterocycles. The molecule has 0 amide bonds. The smallest absolute Gasteiger partial charge is 0.131 e. The minimum atomic E-state index is 0.736. The van der Waals surface area contributed by atoms with Gasteiger partial charge < -0.3 is 15.1 Å². The molecule has 0 spiro atoms. The van der Waals surface area contributed by atoms with Crippen molar-refractivity contribution in [3.63, 3.8) is 0 Å². The Bertz CT molecular complexity index is 1120. The fourth-order valence-electron chi connectivity index (χ4n) is 3.52. The Hall–Kier alpha value is -3.67. The number of hydrogen-bond donors (Lipinski definition) is 1. The Labute approximate surface area is 177 Å². The molecule has 1 N–H and O–H groups in total. The summed E-state index contributed by atoms with van der Waals surface area (Å²) in [5.74, 6) is 1.59. The molecule has 6 heteroatoms. The van der Waals surface area contributed by atoms with Gasteiger partial charge in [-0.05, 0) is 31.4 Å². The highest BCUT2D eigenvalue weighted by Crippen LogP contribution is 2.25. The Balaban J connectivity index is 1.49. The molecule has 0 radical (unpaired) electrons. The second-order valence-electron chi connectivity index (χ2n) is 7.68. The predicted molar refractivity (Wildman–Crippen MR) is 122 cm³/mol. The number of aromatic nitrogens is 3. The molecule has 4 rings (SSSR count). The highest BCUT2D eigenvalue weighted by atomic mass is 15.3. The summed E-state index contributed by atoms with van der Waals surface area (Å²) in [6.45, 7) is 15.1. The molecule has 1 aromatic carbocycles. The van der Waals surface area contributed by atoms with Gasteiger partial charge in [0.05, 0.1) is 24.3 Å². The summed E-state index contributed by atoms with van der Waals surface area (Å²) in [6.07, 6.45) is 9.17. The summed E-state index contributed by atoms with van der Waals surface area (Å²) in [5, 5.41) is 5.51. The lowest BCUT2D eigenvalue weighted by atomic mass is 10.1. The molecular formula is C24H26N6. The van der Waals surface area contributed by atoms with E-state index in [9.17, 15) is 0 Å². The van der Waals surface area contributed by atoms with Crippen molar-refractivity contribution in [1.29, 1.82) is 0 Å². The summed E-state index contributed by atoms with van der Waals surface area (Å²) >= 11 is 0. The number of hydrogen-bond acceptors (Lipinski definition) is 6. The van der Waals surface area contributed by atoms with Gasteiger partial charge in [0.25, 0.3) is 0 Å². The SMILES string of the molecule is C=C1CN(C(=C)Nc2cc3cc(-c4cnccn4)ccc3cn2)CCN1C=C(C)C. The molecule has 0 unspecified atom stereocenters. The number of nitrogens with zero attached hydrogens (tertiary/aromatic N) is 5. The lowest BCUT2D eigenvalue weighted by molar-refractivity contribution is 0.255. The molecule has 1 aliphatic heterocycles. The minimum absolute atomic E-state index is 0.736. The fourth-order valence-corrected chi connectivity index (χ4v) is 3.52. The third kappa shape index (κ3) is 4.33. The molecule has 0 saturated carbocycles. The Morgan fingerprint density at radius 3 is 2.67 bits per heavy atom. The molecule has 6 nitrogen and oxygen atoms in total. The monoisotopic (exact) mass is 398 g/mol. The van der Waals surface area contributed by atoms with E-state index in [2.05, 4.69) is 75.4 Å². The van der Waals surface area contributed by atoms with Gasteiger partial charge in [-0.15, -0.1) is 0 Å². The first-order valence-electron chi connectivity index (χ1n) is 9.96. The minimum Gasteiger partial charge on any atom is -0.351 e. The number of rotatable bonds is 5. The average molecular weight is 399 g/mol. The Kier molecular flexibility index (Phi) is 5.48. The third-order valence-electron chi connectivity index (χ3n) is 5.04. The second-order valence-corrected chi connectivity index (χ2v) is 7.68. The third-order valence-corrected chi connectivity index (χ3v) is 5.04. The van der Waals surface area contributed by atoms with E-state index in [1.807, 2.05) is 18.3 Å². The van der Waals surface area contributed by atoms with Crippen LogP contribution in [0.25, 0.3) is 22.0 Å². The standard InChI is InChI=1S/C24H26N6/c1-17(2)15-29-9-10-30(16-18(29)3)19(4)28-24-12-22-11-20(5-6-21(22)13-27-24)23-14-25-7-8-26-23/h5-8,11-15H,3-4,9-10,16H2,1-2H3,(H,27,28). The van der Waals surface area contributed by atoms with Crippen LogP contribution < -0.4 is 5.32 Å². The highest BCUT2D eigenvalue weighted by Gasteiger charge is 2.19. The second kappa shape index (κ2) is 8.37. The summed E-state index contributed by atoms with van der Waals surface area (Å²) in [5.41, 5.74) is 4.20. The van der Waals surface area contributed by atoms with Crippen molar-refractivity contribution in [3.05, 3.63) is 85.5 Å². The first-order valence-corrected chi connectivity index (χ1v) is 9.96. The number of nitrogens with one attached hydrogen (secondary N) is 1. The topological polar surface area (TPSA) is 57.2 Å². The molecule has 3 heterocycles. The fraction of sp³-hybridized carbons (Fsp3) is 0.208. The Morgan fingerprint density at radius 1 is 1.07 bits per heavy atom. The van der Waals surface area contributed by atoms with Gasteiger partial charge in [0.1, 0.15) is 5.82 Å². The zero-order chi connectivity index (χ0) is 21.1. The van der Waals surface area contributed by atoms with Gasteiger partial charge in [0, 0.05) is 54.5 Å². The maximum atomic E-state index is 4.55. The van der Waals surface area contributed by atoms with Crippen LogP contribution in [0.2, 0.25) is 0 Å². The molecule has 1 aliphatic rings. The summed E-state index contributed by atoms with van der Waals surface area (Å²) < 4.78 is 0. The van der Waals surface area contributed by atoms with Crippen molar-refractivity contribution in [2.24, 2.45) is 0 Å². The van der Waals surface area contributed by atoms with Crippen LogP contribution in [0.4, 0.5) is 5.82 Å². The maximum Gasteiger partial charge on any atom is 0.131 e. The van der Waals surface area contributed by atoms with Gasteiger partial charge in [-0.1, -0.05) is 30.9 Å². The van der Waals surface area contributed by atoms with Crippen LogP contribution in [-0.2, 0) is 0 Å². The van der Waals surface area contributed by atoms with Gasteiger partial charge in [-0.2, -0.15) is 0 Å². The number of allylic oxidation sites excluding steroid dienone is 1. The molecule has 3 aromatic rings. The van der Waals surface area contributed by atoms with Crippen molar-refractivity contribution in [1.82, 2.24) is 24.8 Å². The molecular weight excluding hydrogens is 372 g/mol. The van der Waals surface area contributed by atoms with Gasteiger partial charge in [-0.25, -0.2) is 4.98 Å². The Morgan fingerprint density at radius 2 is 1.93 bits per heavy atom. The number of anilines is 1. The van der Waals surface area contributed by atoms with E-state index >= 15 is 0 Å². The summed E-state index contributed by atoms with van der Waals surface area (Å²) in [4.78, 5) is 17.5. The first kappa shape index (κ1) is 19.6. The molecule has 152 valence electrons. The van der Waals surface area contributed by atoms with E-state index in [1.54, 1.807) is 18.6 Å². The summed E-state index contributed by atoms with van der Waals surface area (Å²) in [6, 6.07) is 8.23. The van der Waals surface area contributed by atoms with Crippen molar-refractivity contribution >= 4 is 16.6 Å². The molecule has 30 heavy (non-hydrogen) atoms. The maximum absolute atomic E-state index is 4.55. The van der Waals surface area contributed by atoms with E-state index in [-0.39, 0.29) is 0 Å².